The first-order valence-corrected chi connectivity index (χ1v) is 20.9. The fraction of sp³-hybridized carbons (Fsp3) is 0.278. The van der Waals surface area contributed by atoms with Crippen molar-refractivity contribution in [1.29, 1.82) is 0 Å². The van der Waals surface area contributed by atoms with Crippen molar-refractivity contribution in [2.75, 3.05) is 34.4 Å². The van der Waals surface area contributed by atoms with E-state index in [0.29, 0.717) is 31.9 Å². The minimum Gasteiger partial charge on any atom is -0.497 e. The second-order valence-electron chi connectivity index (χ2n) is 12.7. The lowest BCUT2D eigenvalue weighted by Gasteiger charge is -2.26. The Balaban J connectivity index is 1.54. The number of likely N-dealkylation sites (tertiary alicyclic amines) is 1. The quantitative estimate of drug-likeness (QED) is 0.129. The topological polar surface area (TPSA) is 216 Å². The summed E-state index contributed by atoms with van der Waals surface area (Å²) in [4.78, 5) is 11.3. The largest absolute Gasteiger partial charge is 0.497 e. The number of hydrogen-bond donors (Lipinski definition) is 3. The van der Waals surface area contributed by atoms with Crippen molar-refractivity contribution in [2.24, 2.45) is 0 Å². The number of aliphatic hydroxyl groups is 1. The van der Waals surface area contributed by atoms with Gasteiger partial charge in [-0.15, -0.1) is 5.10 Å². The number of hydrogen-bond acceptors (Lipinski definition) is 12. The van der Waals surface area contributed by atoms with Gasteiger partial charge in [-0.3, -0.25) is 0 Å². The van der Waals surface area contributed by atoms with Crippen LogP contribution in [0.2, 0.25) is 0 Å². The normalized spacial score (nSPS) is 15.9. The lowest BCUT2D eigenvalue weighted by Crippen LogP contribution is -2.43. The van der Waals surface area contributed by atoms with E-state index in [1.807, 2.05) is 22.6 Å². The summed E-state index contributed by atoms with van der Waals surface area (Å²) in [6.45, 7) is -1.01. The molecule has 56 heavy (non-hydrogen) atoms. The molecule has 6 rings (SSSR count). The highest BCUT2D eigenvalue weighted by Gasteiger charge is 2.41. The third-order valence-corrected chi connectivity index (χ3v) is 13.5. The first-order valence-electron chi connectivity index (χ1n) is 16.9. The van der Waals surface area contributed by atoms with Crippen molar-refractivity contribution in [3.05, 3.63) is 105 Å². The van der Waals surface area contributed by atoms with Gasteiger partial charge in [0.2, 0.25) is 20.0 Å². The second kappa shape index (κ2) is 17.1. The molecule has 0 spiro atoms. The predicted molar refractivity (Wildman–Crippen MR) is 210 cm³/mol. The Labute approximate surface area is 337 Å². The Kier molecular flexibility index (Phi) is 12.5. The Morgan fingerprint density at radius 2 is 1.34 bits per heavy atom. The van der Waals surface area contributed by atoms with Crippen LogP contribution in [0.15, 0.2) is 94.7 Å². The van der Waals surface area contributed by atoms with Crippen LogP contribution in [0.3, 0.4) is 0 Å². The molecule has 0 aliphatic carbocycles. The number of nitrogens with zero attached hydrogens (tertiary/aromatic N) is 6. The number of sulfonamides is 2. The zero-order chi connectivity index (χ0) is 40.2. The number of β-amino-alcohol motifs (C(OH)–C–C–N with tert-alkyl or cyclic N) is 1. The summed E-state index contributed by atoms with van der Waals surface area (Å²) in [5, 5.41) is 32.4. The number of rotatable bonds is 15. The van der Waals surface area contributed by atoms with Gasteiger partial charge in [0.1, 0.15) is 27.0 Å². The molecule has 1 aromatic heterocycles. The van der Waals surface area contributed by atoms with Crippen LogP contribution < -0.4 is 18.9 Å². The molecule has 2 heterocycles. The predicted octanol–water partition coefficient (Wildman–Crippen LogP) is 3.41. The summed E-state index contributed by atoms with van der Waals surface area (Å²) in [5.41, 5.74) is 1.80. The highest BCUT2D eigenvalue weighted by Crippen LogP contribution is 2.39. The van der Waals surface area contributed by atoms with Crippen LogP contribution in [0.4, 0.5) is 4.79 Å². The van der Waals surface area contributed by atoms with E-state index < -0.39 is 48.1 Å². The van der Waals surface area contributed by atoms with Gasteiger partial charge < -0.3 is 29.3 Å². The maximum absolute atomic E-state index is 15.5. The number of methoxy groups -OCH3 is 3. The second-order valence-corrected chi connectivity index (χ2v) is 17.4. The van der Waals surface area contributed by atoms with E-state index in [2.05, 4.69) is 20.2 Å². The molecule has 3 N–H and O–H groups in total. The summed E-state index contributed by atoms with van der Waals surface area (Å²) < 4.78 is 80.9. The Hall–Kier alpha value is -4.87. The van der Waals surface area contributed by atoms with E-state index in [1.165, 1.54) is 32.1 Å². The maximum atomic E-state index is 15.5. The molecule has 2 atom stereocenters. The maximum Gasteiger partial charge on any atom is 0.407 e. The van der Waals surface area contributed by atoms with Gasteiger partial charge in [-0.2, -0.15) is 4.31 Å². The van der Waals surface area contributed by atoms with Gasteiger partial charge in [-0.05, 0) is 98.2 Å². The first kappa shape index (κ1) is 40.8. The number of carboxylic acid groups (broad SMARTS) is 1. The van der Waals surface area contributed by atoms with Gasteiger partial charge in [0, 0.05) is 23.2 Å². The van der Waals surface area contributed by atoms with E-state index in [1.54, 1.807) is 72.8 Å². The van der Waals surface area contributed by atoms with Crippen molar-refractivity contribution >= 4 is 48.7 Å². The number of benzene rings is 4. The zero-order valence-corrected chi connectivity index (χ0v) is 34.1. The van der Waals surface area contributed by atoms with Gasteiger partial charge in [0.15, 0.2) is 5.82 Å². The lowest BCUT2D eigenvalue weighted by atomic mass is 10.2. The minimum absolute atomic E-state index is 0.0346. The highest BCUT2D eigenvalue weighted by atomic mass is 127. The SMILES string of the molecule is COc1ccc(CN(Cc2ccc(OC)cc2)S(=O)(=O)c2c(S(=O)(=O)NC3CN(C(=O)O)CC3O)ccc(I)c2-c2nnnn2Cc2ccc(OC)cc2)cc1. The van der Waals surface area contributed by atoms with Crippen molar-refractivity contribution in [2.45, 2.75) is 41.6 Å². The molecular weight excluding hydrogens is 881 g/mol. The molecule has 0 bridgehead atoms. The fourth-order valence-corrected chi connectivity index (χ4v) is 10.7. The average molecular weight is 920 g/mol. The van der Waals surface area contributed by atoms with Crippen LogP contribution in [-0.2, 0) is 39.7 Å². The van der Waals surface area contributed by atoms with E-state index in [-0.39, 0.29) is 44.1 Å². The molecule has 0 radical (unpaired) electrons. The molecule has 1 aliphatic heterocycles. The molecule has 0 saturated carbocycles. The van der Waals surface area contributed by atoms with E-state index >= 15 is 8.42 Å². The van der Waals surface area contributed by atoms with Gasteiger partial charge in [-0.25, -0.2) is 31.0 Å². The molecule has 296 valence electrons. The summed E-state index contributed by atoms with van der Waals surface area (Å²) in [6.07, 6.45) is -2.75. The molecule has 1 aliphatic rings. The Morgan fingerprint density at radius 3 is 1.82 bits per heavy atom. The number of ether oxygens (including phenoxy) is 3. The molecule has 1 saturated heterocycles. The Bertz CT molecular complexity index is 2350. The highest BCUT2D eigenvalue weighted by molar-refractivity contribution is 14.1. The van der Waals surface area contributed by atoms with Crippen LogP contribution in [0.1, 0.15) is 16.7 Å². The first-order chi connectivity index (χ1) is 26.7. The number of carbonyl (C=O) groups is 1. The molecule has 1 fully saturated rings. The van der Waals surface area contributed by atoms with Crippen molar-refractivity contribution in [3.8, 4) is 28.6 Å². The van der Waals surface area contributed by atoms with Crippen LogP contribution in [0, 0.1) is 3.57 Å². The van der Waals surface area contributed by atoms with Gasteiger partial charge in [0.05, 0.1) is 52.1 Å². The van der Waals surface area contributed by atoms with Gasteiger partial charge >= 0.3 is 6.09 Å². The summed E-state index contributed by atoms with van der Waals surface area (Å²) in [6, 6.07) is 21.9. The van der Waals surface area contributed by atoms with Gasteiger partial charge in [0.25, 0.3) is 0 Å². The van der Waals surface area contributed by atoms with Crippen LogP contribution in [-0.4, -0.2) is 109 Å². The number of aromatic nitrogens is 4. The molecule has 1 amide bonds. The zero-order valence-electron chi connectivity index (χ0n) is 30.3. The summed E-state index contributed by atoms with van der Waals surface area (Å²) in [7, 11) is -5.09. The third kappa shape index (κ3) is 8.89. The lowest BCUT2D eigenvalue weighted by molar-refractivity contribution is 0.138. The number of nitrogens with one attached hydrogen (secondary N) is 1. The fourth-order valence-electron chi connectivity index (χ4n) is 6.16. The van der Waals surface area contributed by atoms with Crippen molar-refractivity contribution in [3.63, 3.8) is 0 Å². The van der Waals surface area contributed by atoms with E-state index in [4.69, 9.17) is 14.2 Å². The molecule has 5 aromatic rings. The van der Waals surface area contributed by atoms with Crippen molar-refractivity contribution in [1.82, 2.24) is 34.1 Å². The molecule has 4 aromatic carbocycles. The molecular formula is C36H38IN7O10S2. The van der Waals surface area contributed by atoms with Crippen LogP contribution in [0.5, 0.6) is 17.2 Å². The number of tetrazole rings is 1. The van der Waals surface area contributed by atoms with Gasteiger partial charge in [-0.1, -0.05) is 36.4 Å². The van der Waals surface area contributed by atoms with E-state index in [0.717, 1.165) is 20.8 Å². The molecule has 2 unspecified atom stereocenters. The monoisotopic (exact) mass is 919 g/mol. The smallest absolute Gasteiger partial charge is 0.407 e. The van der Waals surface area contributed by atoms with Crippen LogP contribution in [0.25, 0.3) is 11.4 Å². The van der Waals surface area contributed by atoms with Crippen LogP contribution >= 0.6 is 22.6 Å². The summed E-state index contributed by atoms with van der Waals surface area (Å²) >= 11 is 1.92. The molecule has 20 heteroatoms. The van der Waals surface area contributed by atoms with Crippen molar-refractivity contribution < 1.29 is 46.1 Å². The number of aliphatic hydroxyl groups excluding tert-OH is 1. The standard InChI is InChI=1S/C36H38IN7O10S2/c1-52-26-10-4-23(5-11-26)18-43(19-24-6-12-27(53-2)13-7-24)56(50,51)34-32(55(48,49)39-30-21-42(36(46)47)22-31(30)45)17-16-29(37)33(34)35-38-40-41-44(35)20-25-8-14-28(54-3)15-9-25/h4-17,30-31,39,45H,18-22H2,1-3H3,(H,46,47). The number of halogens is 1. The third-order valence-electron chi connectivity index (χ3n) is 9.11. The average Bonchev–Trinajstić information content (AvgIpc) is 3.80. The summed E-state index contributed by atoms with van der Waals surface area (Å²) in [5.74, 6) is 1.69. The molecule has 17 nitrogen and oxygen atoms in total. The Morgan fingerprint density at radius 1 is 0.821 bits per heavy atom. The minimum atomic E-state index is -4.84. The van der Waals surface area contributed by atoms with E-state index in [9.17, 15) is 23.4 Å². The number of amides is 1.